The quantitative estimate of drug-likeness (QED) is 0.289. The Labute approximate surface area is 220 Å². The van der Waals surface area contributed by atoms with Crippen molar-refractivity contribution in [3.8, 4) is 11.5 Å². The van der Waals surface area contributed by atoms with Crippen LogP contribution in [-0.2, 0) is 4.74 Å². The van der Waals surface area contributed by atoms with Gasteiger partial charge < -0.3 is 30.2 Å². The average Bonchev–Trinajstić information content (AvgIpc) is 2.90. The molecule has 1 saturated heterocycles. The number of nitrogens with one attached hydrogen (secondary N) is 1. The summed E-state index contributed by atoms with van der Waals surface area (Å²) in [5, 5.41) is 3.93. The SMILES string of the molecule is C=CNc1cc(OCC2CN(c3ccncc3)CCO2)c(OC)cc1C(N)=Nc1ccc(Cl)c(Cl)c1. The van der Waals surface area contributed by atoms with Crippen molar-refractivity contribution in [3.05, 3.63) is 83.2 Å². The lowest BCUT2D eigenvalue weighted by Crippen LogP contribution is -2.45. The van der Waals surface area contributed by atoms with E-state index in [1.165, 1.54) is 0 Å². The summed E-state index contributed by atoms with van der Waals surface area (Å²) < 4.78 is 17.7. The molecule has 8 nitrogen and oxygen atoms in total. The van der Waals surface area contributed by atoms with Crippen molar-refractivity contribution in [3.63, 3.8) is 0 Å². The predicted molar refractivity (Wildman–Crippen MR) is 145 cm³/mol. The van der Waals surface area contributed by atoms with Gasteiger partial charge in [-0.05, 0) is 42.6 Å². The molecule has 0 radical (unpaired) electrons. The summed E-state index contributed by atoms with van der Waals surface area (Å²) in [4.78, 5) is 10.8. The lowest BCUT2D eigenvalue weighted by molar-refractivity contribution is 0.00976. The van der Waals surface area contributed by atoms with Gasteiger partial charge in [0.1, 0.15) is 18.5 Å². The van der Waals surface area contributed by atoms with Crippen LogP contribution in [0.25, 0.3) is 0 Å². The zero-order valence-corrected chi connectivity index (χ0v) is 21.3. The number of amidine groups is 1. The molecule has 0 bridgehead atoms. The Morgan fingerprint density at radius 3 is 2.75 bits per heavy atom. The third-order valence-electron chi connectivity index (χ3n) is 5.58. The molecule has 3 N–H and O–H groups in total. The fourth-order valence-electron chi connectivity index (χ4n) is 3.82. The first kappa shape index (κ1) is 25.6. The molecule has 1 aliphatic rings. The number of halogens is 2. The van der Waals surface area contributed by atoms with Gasteiger partial charge in [0.15, 0.2) is 11.5 Å². The van der Waals surface area contributed by atoms with Crippen LogP contribution in [0.3, 0.4) is 0 Å². The second-order valence-corrected chi connectivity index (χ2v) is 8.76. The van der Waals surface area contributed by atoms with Gasteiger partial charge in [0.25, 0.3) is 0 Å². The number of benzene rings is 2. The number of aromatic nitrogens is 1. The number of ether oxygens (including phenoxy) is 3. The van der Waals surface area contributed by atoms with Crippen LogP contribution in [-0.4, -0.2) is 50.3 Å². The van der Waals surface area contributed by atoms with Crippen molar-refractivity contribution in [1.29, 1.82) is 0 Å². The maximum absolute atomic E-state index is 6.35. The number of morpholine rings is 1. The fraction of sp³-hybridized carbons (Fsp3) is 0.231. The standard InChI is InChI=1S/C26H27Cl2N5O3/c1-3-31-23-14-25(36-16-19-15-33(10-11-35-19)18-6-8-30-9-7-18)24(34-2)13-20(23)26(29)32-17-4-5-21(27)22(28)12-17/h3-9,12-14,19,31H,1,10-11,15-16H2,2H3,(H2,29,32). The number of nitrogens with zero attached hydrogens (tertiary/aromatic N) is 3. The van der Waals surface area contributed by atoms with Crippen LogP contribution >= 0.6 is 23.2 Å². The van der Waals surface area contributed by atoms with Gasteiger partial charge in [-0.2, -0.15) is 0 Å². The van der Waals surface area contributed by atoms with Crippen molar-refractivity contribution >= 4 is 46.1 Å². The number of methoxy groups -OCH3 is 1. The molecule has 2 heterocycles. The highest BCUT2D eigenvalue weighted by molar-refractivity contribution is 6.42. The van der Waals surface area contributed by atoms with E-state index in [0.717, 1.165) is 12.2 Å². The molecule has 0 amide bonds. The molecule has 2 aromatic carbocycles. The largest absolute Gasteiger partial charge is 0.493 e. The topological polar surface area (TPSA) is 94.2 Å². The minimum absolute atomic E-state index is 0.117. The average molecular weight is 528 g/mol. The maximum atomic E-state index is 6.35. The van der Waals surface area contributed by atoms with Crippen LogP contribution in [0.2, 0.25) is 10.0 Å². The van der Waals surface area contributed by atoms with Gasteiger partial charge >= 0.3 is 0 Å². The Balaban J connectivity index is 1.53. The highest BCUT2D eigenvalue weighted by atomic mass is 35.5. The van der Waals surface area contributed by atoms with E-state index in [0.29, 0.717) is 58.2 Å². The van der Waals surface area contributed by atoms with Crippen molar-refractivity contribution in [2.75, 3.05) is 43.6 Å². The van der Waals surface area contributed by atoms with Gasteiger partial charge in [-0.3, -0.25) is 4.98 Å². The van der Waals surface area contributed by atoms with E-state index in [9.17, 15) is 0 Å². The van der Waals surface area contributed by atoms with Crippen LogP contribution in [0.15, 0.2) is 72.6 Å². The van der Waals surface area contributed by atoms with Gasteiger partial charge in [-0.15, -0.1) is 0 Å². The molecule has 1 unspecified atom stereocenters. The Hall–Kier alpha value is -3.46. The van der Waals surface area contributed by atoms with Gasteiger partial charge in [0.05, 0.1) is 35.1 Å². The van der Waals surface area contributed by atoms with Crippen molar-refractivity contribution in [2.45, 2.75) is 6.10 Å². The lowest BCUT2D eigenvalue weighted by atomic mass is 10.1. The van der Waals surface area contributed by atoms with E-state index in [2.05, 4.69) is 26.8 Å². The van der Waals surface area contributed by atoms with E-state index in [4.69, 9.17) is 43.1 Å². The monoisotopic (exact) mass is 527 g/mol. The molecule has 0 aliphatic carbocycles. The number of anilines is 2. The number of hydrogen-bond donors (Lipinski definition) is 2. The minimum Gasteiger partial charge on any atom is -0.493 e. The summed E-state index contributed by atoms with van der Waals surface area (Å²) in [6.45, 7) is 6.23. The van der Waals surface area contributed by atoms with Gasteiger partial charge in [0, 0.05) is 42.8 Å². The smallest absolute Gasteiger partial charge is 0.163 e. The second kappa shape index (κ2) is 12.0. The van der Waals surface area contributed by atoms with Crippen LogP contribution in [0.4, 0.5) is 17.1 Å². The molecule has 10 heteroatoms. The molecular formula is C26H27Cl2N5O3. The predicted octanol–water partition coefficient (Wildman–Crippen LogP) is 5.27. The van der Waals surface area contributed by atoms with Crippen molar-refractivity contribution in [2.24, 2.45) is 10.7 Å². The lowest BCUT2D eigenvalue weighted by Gasteiger charge is -2.34. The molecule has 1 aromatic heterocycles. The number of nitrogens with two attached hydrogens (primary N) is 1. The molecule has 1 atom stereocenters. The molecular weight excluding hydrogens is 501 g/mol. The summed E-state index contributed by atoms with van der Waals surface area (Å²) in [5.74, 6) is 1.30. The van der Waals surface area contributed by atoms with Crippen LogP contribution in [0.1, 0.15) is 5.56 Å². The van der Waals surface area contributed by atoms with E-state index >= 15 is 0 Å². The molecule has 4 rings (SSSR count). The summed E-state index contributed by atoms with van der Waals surface area (Å²) in [7, 11) is 1.57. The third-order valence-corrected chi connectivity index (χ3v) is 6.32. The Bertz CT molecular complexity index is 1240. The highest BCUT2D eigenvalue weighted by Crippen LogP contribution is 2.35. The summed E-state index contributed by atoms with van der Waals surface area (Å²) >= 11 is 12.1. The Morgan fingerprint density at radius 2 is 2.03 bits per heavy atom. The van der Waals surface area contributed by atoms with Gasteiger partial charge in [-0.1, -0.05) is 29.8 Å². The molecule has 0 saturated carbocycles. The number of hydrogen-bond acceptors (Lipinski definition) is 7. The highest BCUT2D eigenvalue weighted by Gasteiger charge is 2.23. The molecule has 1 fully saturated rings. The number of pyridine rings is 1. The van der Waals surface area contributed by atoms with E-state index in [1.807, 2.05) is 12.1 Å². The van der Waals surface area contributed by atoms with E-state index in [1.54, 1.807) is 56.0 Å². The summed E-state index contributed by atoms with van der Waals surface area (Å²) in [6, 6.07) is 12.6. The summed E-state index contributed by atoms with van der Waals surface area (Å²) in [6.07, 6.45) is 5.01. The molecule has 0 spiro atoms. The number of aliphatic imine (C=N–C) groups is 1. The molecule has 36 heavy (non-hydrogen) atoms. The van der Waals surface area contributed by atoms with Gasteiger partial charge in [-0.25, -0.2) is 4.99 Å². The Morgan fingerprint density at radius 1 is 1.22 bits per heavy atom. The zero-order valence-electron chi connectivity index (χ0n) is 19.8. The van der Waals surface area contributed by atoms with Crippen LogP contribution in [0, 0.1) is 0 Å². The first-order valence-corrected chi connectivity index (χ1v) is 12.0. The van der Waals surface area contributed by atoms with Crippen LogP contribution in [0.5, 0.6) is 11.5 Å². The van der Waals surface area contributed by atoms with E-state index < -0.39 is 0 Å². The van der Waals surface area contributed by atoms with Gasteiger partial charge in [0.2, 0.25) is 0 Å². The first-order valence-electron chi connectivity index (χ1n) is 11.3. The fourth-order valence-corrected chi connectivity index (χ4v) is 4.11. The summed E-state index contributed by atoms with van der Waals surface area (Å²) in [5.41, 5.74) is 9.30. The Kier molecular flexibility index (Phi) is 8.53. The molecule has 3 aromatic rings. The third kappa shape index (κ3) is 6.20. The molecule has 188 valence electrons. The normalized spacial score (nSPS) is 15.9. The zero-order chi connectivity index (χ0) is 25.5. The molecule has 1 aliphatic heterocycles. The maximum Gasteiger partial charge on any atom is 0.163 e. The van der Waals surface area contributed by atoms with Crippen molar-refractivity contribution < 1.29 is 14.2 Å². The first-order chi connectivity index (χ1) is 17.5. The van der Waals surface area contributed by atoms with Crippen molar-refractivity contribution in [1.82, 2.24) is 4.98 Å². The van der Waals surface area contributed by atoms with Crippen LogP contribution < -0.4 is 25.4 Å². The second-order valence-electron chi connectivity index (χ2n) is 7.95. The number of rotatable bonds is 9. The minimum atomic E-state index is -0.117. The van der Waals surface area contributed by atoms with E-state index in [-0.39, 0.29) is 11.9 Å².